The second kappa shape index (κ2) is 4.68. The predicted molar refractivity (Wildman–Crippen MR) is 61.7 cm³/mol. The molecule has 0 spiro atoms. The van der Waals surface area contributed by atoms with Gasteiger partial charge in [-0.1, -0.05) is 11.6 Å². The molecule has 1 aromatic carbocycles. The van der Waals surface area contributed by atoms with E-state index < -0.39 is 23.5 Å². The van der Waals surface area contributed by atoms with Crippen LogP contribution in [0.25, 0.3) is 0 Å². The van der Waals surface area contributed by atoms with E-state index in [1.54, 1.807) is 11.4 Å². The summed E-state index contributed by atoms with van der Waals surface area (Å²) in [5.74, 6) is -3.26. The highest BCUT2D eigenvalue weighted by atomic mass is 35.5. The van der Waals surface area contributed by atoms with Crippen molar-refractivity contribution in [2.24, 2.45) is 5.73 Å². The summed E-state index contributed by atoms with van der Waals surface area (Å²) in [6.07, 6.45) is 0. The van der Waals surface area contributed by atoms with Crippen molar-refractivity contribution in [3.8, 4) is 0 Å². The number of hydrogen-bond acceptors (Lipinski definition) is 2. The average molecular weight is 278 g/mol. The fourth-order valence-corrected chi connectivity index (χ4v) is 2.64. The summed E-state index contributed by atoms with van der Waals surface area (Å²) in [6, 6.07) is 1.94. The van der Waals surface area contributed by atoms with Gasteiger partial charge in [0.1, 0.15) is 5.82 Å². The first kappa shape index (κ1) is 12.4. The van der Waals surface area contributed by atoms with Crippen LogP contribution in [0.15, 0.2) is 23.6 Å². The van der Waals surface area contributed by atoms with Gasteiger partial charge in [-0.25, -0.2) is 13.2 Å². The van der Waals surface area contributed by atoms with Crippen molar-refractivity contribution < 1.29 is 13.2 Å². The van der Waals surface area contributed by atoms with Crippen molar-refractivity contribution in [2.45, 2.75) is 6.04 Å². The molecular formula is C11H7ClF3NS. The van der Waals surface area contributed by atoms with Crippen LogP contribution in [-0.2, 0) is 0 Å². The molecule has 2 rings (SSSR count). The van der Waals surface area contributed by atoms with Crippen molar-refractivity contribution in [3.05, 3.63) is 56.5 Å². The summed E-state index contributed by atoms with van der Waals surface area (Å²) < 4.78 is 39.3. The summed E-state index contributed by atoms with van der Waals surface area (Å²) in [4.78, 5) is 0.511. The van der Waals surface area contributed by atoms with Crippen molar-refractivity contribution >= 4 is 22.9 Å². The molecule has 6 heteroatoms. The number of nitrogens with two attached hydrogens (primary N) is 1. The summed E-state index contributed by atoms with van der Waals surface area (Å²) in [5, 5.41) is 2.07. The molecule has 1 atom stereocenters. The molecule has 90 valence electrons. The number of rotatable bonds is 2. The summed E-state index contributed by atoms with van der Waals surface area (Å²) in [6.45, 7) is 0. The highest BCUT2D eigenvalue weighted by Gasteiger charge is 2.20. The molecule has 0 aliphatic heterocycles. The van der Waals surface area contributed by atoms with Gasteiger partial charge in [-0.2, -0.15) is 0 Å². The van der Waals surface area contributed by atoms with Crippen LogP contribution in [0.3, 0.4) is 0 Å². The fraction of sp³-hybridized carbons (Fsp3) is 0.0909. The zero-order chi connectivity index (χ0) is 12.6. The van der Waals surface area contributed by atoms with Gasteiger partial charge in [0.15, 0.2) is 11.6 Å². The van der Waals surface area contributed by atoms with E-state index in [1.165, 1.54) is 11.3 Å². The molecule has 1 aromatic heterocycles. The van der Waals surface area contributed by atoms with E-state index in [1.807, 2.05) is 0 Å². The Labute approximate surface area is 105 Å². The molecule has 1 nitrogen and oxygen atoms in total. The molecule has 17 heavy (non-hydrogen) atoms. The van der Waals surface area contributed by atoms with E-state index in [0.717, 1.165) is 6.07 Å². The molecule has 0 saturated carbocycles. The molecular weight excluding hydrogens is 271 g/mol. The van der Waals surface area contributed by atoms with Gasteiger partial charge in [0.05, 0.1) is 11.1 Å². The van der Waals surface area contributed by atoms with Gasteiger partial charge in [0.2, 0.25) is 0 Å². The van der Waals surface area contributed by atoms with Crippen LogP contribution in [0.1, 0.15) is 16.5 Å². The van der Waals surface area contributed by atoms with E-state index >= 15 is 0 Å². The Balaban J connectivity index is 2.48. The second-order valence-electron chi connectivity index (χ2n) is 3.40. The van der Waals surface area contributed by atoms with E-state index in [2.05, 4.69) is 0 Å². The van der Waals surface area contributed by atoms with Gasteiger partial charge in [-0.3, -0.25) is 0 Å². The first-order chi connectivity index (χ1) is 8.00. The molecule has 2 aromatic rings. The van der Waals surface area contributed by atoms with Crippen LogP contribution in [0, 0.1) is 17.5 Å². The molecule has 0 radical (unpaired) electrons. The largest absolute Gasteiger partial charge is 0.319 e. The molecule has 0 aliphatic carbocycles. The Bertz CT molecular complexity index is 556. The maximum atomic E-state index is 13.5. The van der Waals surface area contributed by atoms with Gasteiger partial charge >= 0.3 is 0 Å². The van der Waals surface area contributed by atoms with Crippen molar-refractivity contribution in [3.63, 3.8) is 0 Å². The Hall–Kier alpha value is -1.04. The monoisotopic (exact) mass is 277 g/mol. The lowest BCUT2D eigenvalue weighted by atomic mass is 10.1. The minimum Gasteiger partial charge on any atom is -0.319 e. The SMILES string of the molecule is NC(c1cc(F)c(F)cc1F)c1sccc1Cl. The zero-order valence-corrected chi connectivity index (χ0v) is 9.96. The van der Waals surface area contributed by atoms with Crippen molar-refractivity contribution in [2.75, 3.05) is 0 Å². The number of thiophene rings is 1. The Morgan fingerprint density at radius 2 is 1.76 bits per heavy atom. The van der Waals surface area contributed by atoms with Gasteiger partial charge in [0.25, 0.3) is 0 Å². The molecule has 0 amide bonds. The van der Waals surface area contributed by atoms with Crippen LogP contribution >= 0.6 is 22.9 Å². The minimum absolute atomic E-state index is 0.117. The van der Waals surface area contributed by atoms with E-state index in [4.69, 9.17) is 17.3 Å². The predicted octanol–water partition coefficient (Wildman–Crippen LogP) is 3.87. The maximum Gasteiger partial charge on any atom is 0.161 e. The highest BCUT2D eigenvalue weighted by molar-refractivity contribution is 7.10. The van der Waals surface area contributed by atoms with Crippen LogP contribution < -0.4 is 5.73 Å². The topological polar surface area (TPSA) is 26.0 Å². The lowest BCUT2D eigenvalue weighted by Crippen LogP contribution is -2.13. The third-order valence-corrected chi connectivity index (χ3v) is 3.74. The highest BCUT2D eigenvalue weighted by Crippen LogP contribution is 2.32. The van der Waals surface area contributed by atoms with E-state index in [0.29, 0.717) is 16.0 Å². The summed E-state index contributed by atoms with van der Waals surface area (Å²) in [5.41, 5.74) is 5.66. The molecule has 1 unspecified atom stereocenters. The van der Waals surface area contributed by atoms with E-state index in [9.17, 15) is 13.2 Å². The normalized spacial score (nSPS) is 12.8. The lowest BCUT2D eigenvalue weighted by molar-refractivity contribution is 0.488. The lowest BCUT2D eigenvalue weighted by Gasteiger charge is -2.12. The number of halogens is 4. The fourth-order valence-electron chi connectivity index (χ4n) is 1.44. The standard InChI is InChI=1S/C11H7ClF3NS/c12-6-1-2-17-11(6)10(16)5-3-8(14)9(15)4-7(5)13/h1-4,10H,16H2. The molecule has 0 saturated heterocycles. The summed E-state index contributed by atoms with van der Waals surface area (Å²) in [7, 11) is 0. The first-order valence-electron chi connectivity index (χ1n) is 4.63. The van der Waals surface area contributed by atoms with Crippen molar-refractivity contribution in [1.29, 1.82) is 0 Å². The molecule has 0 fully saturated rings. The van der Waals surface area contributed by atoms with Crippen LogP contribution in [0.5, 0.6) is 0 Å². The maximum absolute atomic E-state index is 13.5. The van der Waals surface area contributed by atoms with Gasteiger partial charge in [-0.15, -0.1) is 11.3 Å². The average Bonchev–Trinajstić information content (AvgIpc) is 2.69. The van der Waals surface area contributed by atoms with Gasteiger partial charge < -0.3 is 5.73 Å². The second-order valence-corrected chi connectivity index (χ2v) is 4.75. The molecule has 1 heterocycles. The minimum atomic E-state index is -1.24. The quantitative estimate of drug-likeness (QED) is 0.829. The zero-order valence-electron chi connectivity index (χ0n) is 8.38. The third-order valence-electron chi connectivity index (χ3n) is 2.30. The Kier molecular flexibility index (Phi) is 3.42. The Morgan fingerprint density at radius 3 is 2.35 bits per heavy atom. The Morgan fingerprint density at radius 1 is 1.12 bits per heavy atom. The van der Waals surface area contributed by atoms with Crippen LogP contribution in [-0.4, -0.2) is 0 Å². The molecule has 0 bridgehead atoms. The van der Waals surface area contributed by atoms with Crippen molar-refractivity contribution in [1.82, 2.24) is 0 Å². The molecule has 0 aliphatic rings. The smallest absolute Gasteiger partial charge is 0.161 e. The summed E-state index contributed by atoms with van der Waals surface area (Å²) >= 11 is 7.08. The van der Waals surface area contributed by atoms with Crippen LogP contribution in [0.4, 0.5) is 13.2 Å². The molecule has 2 N–H and O–H groups in total. The first-order valence-corrected chi connectivity index (χ1v) is 5.89. The third kappa shape index (κ3) is 2.31. The van der Waals surface area contributed by atoms with E-state index in [-0.39, 0.29) is 5.56 Å². The van der Waals surface area contributed by atoms with Gasteiger partial charge in [-0.05, 0) is 17.5 Å². The number of benzene rings is 1. The van der Waals surface area contributed by atoms with Crippen LogP contribution in [0.2, 0.25) is 5.02 Å². The van der Waals surface area contributed by atoms with Gasteiger partial charge in [0, 0.05) is 16.5 Å². The number of hydrogen-bond donors (Lipinski definition) is 1.